The van der Waals surface area contributed by atoms with Crippen molar-refractivity contribution in [2.24, 2.45) is 10.8 Å². The largest absolute Gasteiger partial charge is 0.380 e. The van der Waals surface area contributed by atoms with Gasteiger partial charge >= 0.3 is 0 Å². The molecule has 1 amide bonds. The topological polar surface area (TPSA) is 75.3 Å². The van der Waals surface area contributed by atoms with E-state index in [-0.39, 0.29) is 28.0 Å². The van der Waals surface area contributed by atoms with E-state index < -0.39 is 0 Å². The lowest BCUT2D eigenvalue weighted by molar-refractivity contribution is 0.0710. The summed E-state index contributed by atoms with van der Waals surface area (Å²) in [6.45, 7) is 7.04. The van der Waals surface area contributed by atoms with Crippen LogP contribution in [0.3, 0.4) is 0 Å². The van der Waals surface area contributed by atoms with Crippen molar-refractivity contribution >= 4 is 5.91 Å². The van der Waals surface area contributed by atoms with Crippen molar-refractivity contribution in [3.05, 3.63) is 27.9 Å². The van der Waals surface area contributed by atoms with Crippen molar-refractivity contribution in [2.75, 3.05) is 26.3 Å². The summed E-state index contributed by atoms with van der Waals surface area (Å²) in [7, 11) is 0. The van der Waals surface area contributed by atoms with Crippen LogP contribution in [0.25, 0.3) is 0 Å². The normalized spacial score (nSPS) is 34.0. The molecule has 3 heterocycles. The van der Waals surface area contributed by atoms with Crippen molar-refractivity contribution in [1.82, 2.24) is 14.9 Å². The van der Waals surface area contributed by atoms with E-state index in [1.807, 2.05) is 4.90 Å². The van der Waals surface area contributed by atoms with Crippen molar-refractivity contribution in [1.29, 1.82) is 0 Å². The van der Waals surface area contributed by atoms with Crippen LogP contribution in [0, 0.1) is 10.8 Å². The Morgan fingerprint density at radius 2 is 1.95 bits per heavy atom. The monoisotopic (exact) mass is 303 g/mol. The van der Waals surface area contributed by atoms with Crippen LogP contribution in [0.5, 0.6) is 0 Å². The summed E-state index contributed by atoms with van der Waals surface area (Å²) in [5, 5.41) is 0. The molecular weight excluding hydrogens is 282 g/mol. The molecule has 1 saturated carbocycles. The predicted molar refractivity (Wildman–Crippen MR) is 79.8 cm³/mol. The van der Waals surface area contributed by atoms with Gasteiger partial charge in [0.15, 0.2) is 0 Å². The molecule has 1 N–H and O–H groups in total. The van der Waals surface area contributed by atoms with Gasteiger partial charge in [0.2, 0.25) is 0 Å². The van der Waals surface area contributed by atoms with Gasteiger partial charge in [0.05, 0.1) is 13.2 Å². The lowest BCUT2D eigenvalue weighted by atomic mass is 9.71. The Bertz CT molecular complexity index is 678. The fourth-order valence-corrected chi connectivity index (χ4v) is 3.66. The van der Waals surface area contributed by atoms with Gasteiger partial charge in [-0.3, -0.25) is 9.59 Å². The van der Waals surface area contributed by atoms with Crippen LogP contribution in [0.4, 0.5) is 0 Å². The standard InChI is InChI=1S/C16H21N3O3/c1-15-6-19(7-16(15,2)9-22-8-15)14(21)11-5-12(20)18-13(17-11)10-3-4-10/h5,10H,3-4,6-9H2,1-2H3,(H,17,18,20)/t15-,16+. The zero-order chi connectivity index (χ0) is 15.5. The third-order valence-corrected chi connectivity index (χ3v) is 5.61. The molecule has 0 radical (unpaired) electrons. The predicted octanol–water partition coefficient (Wildman–Crippen LogP) is 1.15. The minimum atomic E-state index is -0.236. The summed E-state index contributed by atoms with van der Waals surface area (Å²) in [5.74, 6) is 0.850. The van der Waals surface area contributed by atoms with Crippen LogP contribution in [-0.4, -0.2) is 47.1 Å². The van der Waals surface area contributed by atoms with Gasteiger partial charge in [0.1, 0.15) is 11.5 Å². The first-order valence-electron chi connectivity index (χ1n) is 7.89. The number of nitrogens with zero attached hydrogens (tertiary/aromatic N) is 2. The number of carbonyl (C=O) groups is 1. The highest BCUT2D eigenvalue weighted by Crippen LogP contribution is 2.50. The van der Waals surface area contributed by atoms with Crippen LogP contribution in [0.15, 0.2) is 10.9 Å². The van der Waals surface area contributed by atoms with Gasteiger partial charge < -0.3 is 14.6 Å². The highest BCUT2D eigenvalue weighted by Gasteiger charge is 2.57. The highest BCUT2D eigenvalue weighted by atomic mass is 16.5. The molecule has 1 aliphatic carbocycles. The summed E-state index contributed by atoms with van der Waals surface area (Å²) in [4.78, 5) is 33.6. The van der Waals surface area contributed by atoms with Gasteiger partial charge in [0, 0.05) is 35.9 Å². The lowest BCUT2D eigenvalue weighted by Gasteiger charge is -2.29. The molecule has 1 aromatic rings. The lowest BCUT2D eigenvalue weighted by Crippen LogP contribution is -2.34. The average Bonchev–Trinajstić information content (AvgIpc) is 3.20. The molecule has 0 bridgehead atoms. The van der Waals surface area contributed by atoms with Crippen molar-refractivity contribution in [2.45, 2.75) is 32.6 Å². The van der Waals surface area contributed by atoms with Crippen molar-refractivity contribution in [3.63, 3.8) is 0 Å². The summed E-state index contributed by atoms with van der Waals surface area (Å²) in [6.07, 6.45) is 2.08. The Morgan fingerprint density at radius 3 is 2.55 bits per heavy atom. The summed E-state index contributed by atoms with van der Waals surface area (Å²) >= 11 is 0. The number of fused-ring (bicyclic) bond motifs is 1. The Kier molecular flexibility index (Phi) is 2.79. The van der Waals surface area contributed by atoms with Gasteiger partial charge in [-0.15, -0.1) is 0 Å². The average molecular weight is 303 g/mol. The quantitative estimate of drug-likeness (QED) is 0.889. The number of rotatable bonds is 2. The number of amides is 1. The van der Waals surface area contributed by atoms with Gasteiger partial charge in [-0.25, -0.2) is 4.98 Å². The van der Waals surface area contributed by atoms with E-state index in [0.717, 1.165) is 12.8 Å². The van der Waals surface area contributed by atoms with E-state index in [4.69, 9.17) is 4.74 Å². The number of hydrogen-bond acceptors (Lipinski definition) is 4. The Labute approximate surface area is 128 Å². The molecule has 22 heavy (non-hydrogen) atoms. The Balaban J connectivity index is 1.62. The molecule has 0 spiro atoms. The van der Waals surface area contributed by atoms with E-state index in [9.17, 15) is 9.59 Å². The zero-order valence-corrected chi connectivity index (χ0v) is 13.0. The maximum atomic E-state index is 12.8. The van der Waals surface area contributed by atoms with Crippen LogP contribution >= 0.6 is 0 Å². The SMILES string of the molecule is C[C@@]12COC[C@]1(C)CN(C(=O)c1cc(=O)[nH]c(C3CC3)n1)C2. The van der Waals surface area contributed by atoms with Gasteiger partial charge in [-0.2, -0.15) is 0 Å². The summed E-state index contributed by atoms with van der Waals surface area (Å²) in [6, 6.07) is 1.32. The van der Waals surface area contributed by atoms with Crippen LogP contribution in [0.2, 0.25) is 0 Å². The number of nitrogens with one attached hydrogen (secondary N) is 1. The number of H-pyrrole nitrogens is 1. The number of ether oxygens (including phenoxy) is 1. The van der Waals surface area contributed by atoms with Crippen molar-refractivity contribution in [3.8, 4) is 0 Å². The minimum Gasteiger partial charge on any atom is -0.380 e. The maximum absolute atomic E-state index is 12.8. The molecule has 0 aromatic carbocycles. The second kappa shape index (κ2) is 4.41. The Morgan fingerprint density at radius 1 is 1.32 bits per heavy atom. The Hall–Kier alpha value is -1.69. The third-order valence-electron chi connectivity index (χ3n) is 5.61. The number of aromatic amines is 1. The van der Waals surface area contributed by atoms with E-state index in [1.54, 1.807) is 0 Å². The summed E-state index contributed by atoms with van der Waals surface area (Å²) in [5.41, 5.74) is 0.0194. The number of likely N-dealkylation sites (tertiary alicyclic amines) is 1. The molecule has 1 aromatic heterocycles. The molecule has 2 atom stereocenters. The minimum absolute atomic E-state index is 0.0107. The van der Waals surface area contributed by atoms with Crippen LogP contribution in [0.1, 0.15) is 48.9 Å². The van der Waals surface area contributed by atoms with E-state index in [2.05, 4.69) is 23.8 Å². The second-order valence-electron chi connectivity index (χ2n) is 7.57. The zero-order valence-electron chi connectivity index (χ0n) is 13.0. The number of hydrogen-bond donors (Lipinski definition) is 1. The molecular formula is C16H21N3O3. The smallest absolute Gasteiger partial charge is 0.272 e. The molecule has 2 saturated heterocycles. The van der Waals surface area contributed by atoms with E-state index >= 15 is 0 Å². The fourth-order valence-electron chi connectivity index (χ4n) is 3.66. The first kappa shape index (κ1) is 13.9. The van der Waals surface area contributed by atoms with Gasteiger partial charge in [-0.05, 0) is 12.8 Å². The first-order valence-corrected chi connectivity index (χ1v) is 7.89. The van der Waals surface area contributed by atoms with Gasteiger partial charge in [-0.1, -0.05) is 13.8 Å². The van der Waals surface area contributed by atoms with Crippen LogP contribution < -0.4 is 5.56 Å². The second-order valence-corrected chi connectivity index (χ2v) is 7.57. The highest BCUT2D eigenvalue weighted by molar-refractivity contribution is 5.92. The van der Waals surface area contributed by atoms with E-state index in [1.165, 1.54) is 6.07 Å². The van der Waals surface area contributed by atoms with Gasteiger partial charge in [0.25, 0.3) is 11.5 Å². The molecule has 118 valence electrons. The van der Waals surface area contributed by atoms with E-state index in [0.29, 0.717) is 38.0 Å². The fraction of sp³-hybridized carbons (Fsp3) is 0.688. The summed E-state index contributed by atoms with van der Waals surface area (Å²) < 4.78 is 5.62. The first-order chi connectivity index (χ1) is 10.4. The maximum Gasteiger partial charge on any atom is 0.272 e. The molecule has 4 rings (SSSR count). The number of carbonyl (C=O) groups excluding carboxylic acids is 1. The van der Waals surface area contributed by atoms with Crippen molar-refractivity contribution < 1.29 is 9.53 Å². The molecule has 2 aliphatic heterocycles. The van der Waals surface area contributed by atoms with Crippen LogP contribution in [-0.2, 0) is 4.74 Å². The molecule has 6 nitrogen and oxygen atoms in total. The molecule has 3 aliphatic rings. The molecule has 0 unspecified atom stereocenters. The molecule has 3 fully saturated rings. The molecule has 6 heteroatoms. The number of aromatic nitrogens is 2. The third kappa shape index (κ3) is 2.00.